The van der Waals surface area contributed by atoms with E-state index in [-0.39, 0.29) is 5.69 Å². The first-order chi connectivity index (χ1) is 13.0. The van der Waals surface area contributed by atoms with Crippen molar-refractivity contribution in [3.05, 3.63) is 29.6 Å². The summed E-state index contributed by atoms with van der Waals surface area (Å²) in [7, 11) is 0. The Bertz CT molecular complexity index is 901. The molecule has 2 N–H and O–H groups in total. The summed E-state index contributed by atoms with van der Waals surface area (Å²) in [5.41, 5.74) is 0.0850. The van der Waals surface area contributed by atoms with Crippen molar-refractivity contribution in [3.8, 4) is 17.2 Å². The van der Waals surface area contributed by atoms with Gasteiger partial charge in [0.25, 0.3) is 5.91 Å². The molecule has 0 bridgehead atoms. The molecule has 1 aliphatic carbocycles. The van der Waals surface area contributed by atoms with Crippen LogP contribution in [-0.2, 0) is 4.79 Å². The first-order valence-electron chi connectivity index (χ1n) is 8.88. The van der Waals surface area contributed by atoms with Crippen molar-refractivity contribution in [2.75, 3.05) is 13.2 Å². The van der Waals surface area contributed by atoms with E-state index in [4.69, 9.17) is 9.47 Å². The van der Waals surface area contributed by atoms with Crippen LogP contribution in [0.1, 0.15) is 41.9 Å². The molecule has 1 fully saturated rings. The molecule has 0 spiro atoms. The third kappa shape index (κ3) is 2.98. The highest BCUT2D eigenvalue weighted by atomic mass is 16.6. The van der Waals surface area contributed by atoms with Crippen LogP contribution in [0, 0.1) is 6.92 Å². The van der Waals surface area contributed by atoms with E-state index in [1.807, 2.05) is 0 Å². The molecule has 142 valence electrons. The second kappa shape index (κ2) is 6.57. The standard InChI is InChI=1S/C18H20N4O5/c1-11-15(16(23)19-18(17(24)25)6-2-3-7-18)20-21-22(11)12-4-5-13-14(10-12)27-9-8-26-13/h4-5,10H,2-3,6-9H2,1H3,(H,19,23)(H,24,25). The lowest BCUT2D eigenvalue weighted by molar-refractivity contribution is -0.144. The lowest BCUT2D eigenvalue weighted by Crippen LogP contribution is -2.52. The largest absolute Gasteiger partial charge is 0.486 e. The van der Waals surface area contributed by atoms with E-state index in [9.17, 15) is 14.7 Å². The van der Waals surface area contributed by atoms with Crippen molar-refractivity contribution < 1.29 is 24.2 Å². The van der Waals surface area contributed by atoms with Gasteiger partial charge in [-0.05, 0) is 31.9 Å². The van der Waals surface area contributed by atoms with Crippen LogP contribution in [0.3, 0.4) is 0 Å². The number of ether oxygens (including phenoxy) is 2. The van der Waals surface area contributed by atoms with Gasteiger partial charge < -0.3 is 19.9 Å². The Balaban J connectivity index is 1.60. The maximum absolute atomic E-state index is 12.7. The fourth-order valence-corrected chi connectivity index (χ4v) is 3.60. The third-order valence-corrected chi connectivity index (χ3v) is 5.10. The van der Waals surface area contributed by atoms with E-state index in [0.717, 1.165) is 12.8 Å². The minimum absolute atomic E-state index is 0.109. The summed E-state index contributed by atoms with van der Waals surface area (Å²) in [6, 6.07) is 5.35. The lowest BCUT2D eigenvalue weighted by Gasteiger charge is -2.24. The predicted octanol–water partition coefficient (Wildman–Crippen LogP) is 1.47. The fourth-order valence-electron chi connectivity index (χ4n) is 3.60. The number of hydrogen-bond acceptors (Lipinski definition) is 6. The van der Waals surface area contributed by atoms with Gasteiger partial charge in [-0.25, -0.2) is 9.48 Å². The number of aliphatic carboxylic acids is 1. The van der Waals surface area contributed by atoms with Gasteiger partial charge in [-0.15, -0.1) is 5.10 Å². The highest BCUT2D eigenvalue weighted by Crippen LogP contribution is 2.33. The quantitative estimate of drug-likeness (QED) is 0.835. The fraction of sp³-hybridized carbons (Fsp3) is 0.444. The molecule has 0 unspecified atom stereocenters. The summed E-state index contributed by atoms with van der Waals surface area (Å²) in [5, 5.41) is 20.2. The van der Waals surface area contributed by atoms with E-state index in [1.165, 1.54) is 4.68 Å². The molecule has 2 heterocycles. The molecule has 9 heteroatoms. The number of benzene rings is 1. The molecule has 1 amide bonds. The first kappa shape index (κ1) is 17.3. The number of aromatic nitrogens is 3. The maximum atomic E-state index is 12.7. The average Bonchev–Trinajstić information content (AvgIpc) is 3.29. The second-order valence-electron chi connectivity index (χ2n) is 6.81. The molecule has 1 aliphatic heterocycles. The number of carbonyl (C=O) groups excluding carboxylic acids is 1. The molecule has 2 aliphatic rings. The summed E-state index contributed by atoms with van der Waals surface area (Å²) in [5.74, 6) is -0.272. The summed E-state index contributed by atoms with van der Waals surface area (Å²) in [6.07, 6.45) is 2.39. The molecule has 9 nitrogen and oxygen atoms in total. The molecule has 0 radical (unpaired) electrons. The minimum Gasteiger partial charge on any atom is -0.486 e. The molecular formula is C18H20N4O5. The number of carboxylic acid groups (broad SMARTS) is 1. The van der Waals surface area contributed by atoms with Gasteiger partial charge in [-0.1, -0.05) is 18.1 Å². The first-order valence-corrected chi connectivity index (χ1v) is 8.88. The van der Waals surface area contributed by atoms with Gasteiger partial charge in [-0.2, -0.15) is 0 Å². The van der Waals surface area contributed by atoms with Gasteiger partial charge in [0.15, 0.2) is 17.2 Å². The van der Waals surface area contributed by atoms with Gasteiger partial charge in [-0.3, -0.25) is 4.79 Å². The maximum Gasteiger partial charge on any atom is 0.329 e. The van der Waals surface area contributed by atoms with Crippen molar-refractivity contribution in [2.24, 2.45) is 0 Å². The van der Waals surface area contributed by atoms with E-state index in [0.29, 0.717) is 48.9 Å². The topological polar surface area (TPSA) is 116 Å². The van der Waals surface area contributed by atoms with Crippen molar-refractivity contribution in [2.45, 2.75) is 38.1 Å². The van der Waals surface area contributed by atoms with Crippen molar-refractivity contribution in [1.82, 2.24) is 20.3 Å². The Labute approximate surface area is 155 Å². The zero-order valence-corrected chi connectivity index (χ0v) is 14.9. The molecule has 0 saturated heterocycles. The highest BCUT2D eigenvalue weighted by Gasteiger charge is 2.43. The summed E-state index contributed by atoms with van der Waals surface area (Å²) in [6.45, 7) is 2.69. The van der Waals surface area contributed by atoms with Gasteiger partial charge in [0, 0.05) is 6.07 Å². The highest BCUT2D eigenvalue weighted by molar-refractivity contribution is 5.97. The summed E-state index contributed by atoms with van der Waals surface area (Å²) < 4.78 is 12.6. The smallest absolute Gasteiger partial charge is 0.329 e. The van der Waals surface area contributed by atoms with E-state index in [2.05, 4.69) is 15.6 Å². The monoisotopic (exact) mass is 372 g/mol. The molecule has 0 atom stereocenters. The number of hydrogen-bond donors (Lipinski definition) is 2. The van der Waals surface area contributed by atoms with Crippen LogP contribution >= 0.6 is 0 Å². The van der Waals surface area contributed by atoms with Gasteiger partial charge in [0.2, 0.25) is 0 Å². The van der Waals surface area contributed by atoms with E-state index in [1.54, 1.807) is 25.1 Å². The van der Waals surface area contributed by atoms with Crippen molar-refractivity contribution in [1.29, 1.82) is 0 Å². The van der Waals surface area contributed by atoms with Gasteiger partial charge >= 0.3 is 5.97 Å². The number of carboxylic acids is 1. The number of nitrogens with one attached hydrogen (secondary N) is 1. The Kier molecular flexibility index (Phi) is 4.21. The Hall–Kier alpha value is -3.10. The zero-order valence-electron chi connectivity index (χ0n) is 14.9. The van der Waals surface area contributed by atoms with Crippen LogP contribution in [0.2, 0.25) is 0 Å². The Morgan fingerprint density at radius 1 is 1.19 bits per heavy atom. The predicted molar refractivity (Wildman–Crippen MR) is 93.4 cm³/mol. The van der Waals surface area contributed by atoms with Gasteiger partial charge in [0.05, 0.1) is 11.4 Å². The summed E-state index contributed by atoms with van der Waals surface area (Å²) in [4.78, 5) is 24.3. The number of nitrogens with zero attached hydrogens (tertiary/aromatic N) is 3. The number of carbonyl (C=O) groups is 2. The minimum atomic E-state index is -1.22. The van der Waals surface area contributed by atoms with E-state index >= 15 is 0 Å². The second-order valence-corrected chi connectivity index (χ2v) is 6.81. The normalized spacial score (nSPS) is 17.5. The van der Waals surface area contributed by atoms with Crippen molar-refractivity contribution >= 4 is 11.9 Å². The Morgan fingerprint density at radius 3 is 2.59 bits per heavy atom. The van der Waals surface area contributed by atoms with Crippen LogP contribution < -0.4 is 14.8 Å². The zero-order chi connectivity index (χ0) is 19.0. The third-order valence-electron chi connectivity index (χ3n) is 5.10. The van der Waals surface area contributed by atoms with Crippen LogP contribution in [-0.4, -0.2) is 50.7 Å². The number of amides is 1. The van der Waals surface area contributed by atoms with Crippen molar-refractivity contribution in [3.63, 3.8) is 0 Å². The number of rotatable bonds is 4. The van der Waals surface area contributed by atoms with Crippen LogP contribution in [0.5, 0.6) is 11.5 Å². The van der Waals surface area contributed by atoms with Crippen LogP contribution in [0.4, 0.5) is 0 Å². The molecule has 1 aromatic heterocycles. The van der Waals surface area contributed by atoms with Crippen LogP contribution in [0.15, 0.2) is 18.2 Å². The van der Waals surface area contributed by atoms with Crippen LogP contribution in [0.25, 0.3) is 5.69 Å². The van der Waals surface area contributed by atoms with Gasteiger partial charge in [0.1, 0.15) is 18.8 Å². The molecule has 4 rings (SSSR count). The summed E-state index contributed by atoms with van der Waals surface area (Å²) >= 11 is 0. The molecule has 1 aromatic carbocycles. The average molecular weight is 372 g/mol. The number of fused-ring (bicyclic) bond motifs is 1. The molecule has 2 aromatic rings. The molecule has 1 saturated carbocycles. The lowest BCUT2D eigenvalue weighted by atomic mass is 9.97. The molecular weight excluding hydrogens is 352 g/mol. The van der Waals surface area contributed by atoms with E-state index < -0.39 is 17.4 Å². The molecule has 27 heavy (non-hydrogen) atoms. The SMILES string of the molecule is Cc1c(C(=O)NC2(C(=O)O)CCCC2)nnn1-c1ccc2c(c1)OCCO2. The Morgan fingerprint density at radius 2 is 1.89 bits per heavy atom.